The first kappa shape index (κ1) is 16.8. The fourth-order valence-corrected chi connectivity index (χ4v) is 3.21. The van der Waals surface area contributed by atoms with Crippen LogP contribution in [0, 0.1) is 0 Å². The predicted molar refractivity (Wildman–Crippen MR) is 108 cm³/mol. The van der Waals surface area contributed by atoms with Gasteiger partial charge >= 0.3 is 0 Å². The molecule has 0 aliphatic carbocycles. The molecule has 3 aromatic rings. The van der Waals surface area contributed by atoms with Crippen molar-refractivity contribution in [3.8, 4) is 5.75 Å². The molecule has 3 aromatic carbocycles. The molecule has 1 aliphatic rings. The Bertz CT molecular complexity index is 1090. The van der Waals surface area contributed by atoms with Gasteiger partial charge in [-0.05, 0) is 42.0 Å². The lowest BCUT2D eigenvalue weighted by Crippen LogP contribution is -2.50. The highest BCUT2D eigenvalue weighted by Crippen LogP contribution is 2.31. The summed E-state index contributed by atoms with van der Waals surface area (Å²) in [7, 11) is 1.80. The number of benzene rings is 3. The Morgan fingerprint density at radius 3 is 2.44 bits per heavy atom. The minimum absolute atomic E-state index is 0.118. The second kappa shape index (κ2) is 6.61. The van der Waals surface area contributed by atoms with Crippen molar-refractivity contribution < 1.29 is 9.90 Å². The van der Waals surface area contributed by atoms with Crippen molar-refractivity contribution in [2.45, 2.75) is 6.92 Å². The smallest absolute Gasteiger partial charge is 0.295 e. The van der Waals surface area contributed by atoms with E-state index in [1.165, 1.54) is 0 Å². The van der Waals surface area contributed by atoms with E-state index in [4.69, 9.17) is 0 Å². The van der Waals surface area contributed by atoms with Crippen LogP contribution in [0.3, 0.4) is 0 Å². The summed E-state index contributed by atoms with van der Waals surface area (Å²) in [5.41, 5.74) is 1.62. The lowest BCUT2D eigenvalue weighted by Gasteiger charge is -2.36. The number of amides is 1. The molecule has 1 amide bonds. The van der Waals surface area contributed by atoms with E-state index >= 15 is 0 Å². The Morgan fingerprint density at radius 2 is 1.67 bits per heavy atom. The van der Waals surface area contributed by atoms with Crippen molar-refractivity contribution in [3.05, 3.63) is 78.0 Å². The Labute approximate surface area is 157 Å². The first-order chi connectivity index (χ1) is 13.1. The normalized spacial score (nSPS) is 16.1. The van der Waals surface area contributed by atoms with Gasteiger partial charge in [-0.25, -0.2) is 10.0 Å². The molecule has 1 aliphatic heterocycles. The van der Waals surface area contributed by atoms with Gasteiger partial charge in [-0.2, -0.15) is 0 Å². The van der Waals surface area contributed by atoms with Gasteiger partial charge in [0.05, 0.1) is 5.69 Å². The third-order valence-corrected chi connectivity index (χ3v) is 4.69. The molecular formula is C22H19N3O2. The van der Waals surface area contributed by atoms with Crippen molar-refractivity contribution in [2.24, 2.45) is 4.99 Å². The molecular weight excluding hydrogens is 338 g/mol. The molecule has 0 saturated carbocycles. The van der Waals surface area contributed by atoms with Crippen molar-refractivity contribution >= 4 is 34.3 Å². The van der Waals surface area contributed by atoms with E-state index in [2.05, 4.69) is 4.99 Å². The number of hydrogen-bond acceptors (Lipinski definition) is 4. The summed E-state index contributed by atoms with van der Waals surface area (Å²) in [6.07, 6.45) is 1.66. The molecule has 134 valence electrons. The van der Waals surface area contributed by atoms with E-state index in [0.29, 0.717) is 11.4 Å². The molecule has 0 atom stereocenters. The lowest BCUT2D eigenvalue weighted by atomic mass is 10.0. The molecule has 0 saturated heterocycles. The van der Waals surface area contributed by atoms with Gasteiger partial charge in [0.15, 0.2) is 0 Å². The third-order valence-electron chi connectivity index (χ3n) is 4.69. The number of phenols is 1. The molecule has 0 bridgehead atoms. The zero-order valence-corrected chi connectivity index (χ0v) is 15.1. The van der Waals surface area contributed by atoms with Crippen molar-refractivity contribution in [3.63, 3.8) is 0 Å². The van der Waals surface area contributed by atoms with E-state index in [1.807, 2.05) is 67.6 Å². The van der Waals surface area contributed by atoms with Crippen LogP contribution in [-0.2, 0) is 4.79 Å². The van der Waals surface area contributed by atoms with Gasteiger partial charge in [0.1, 0.15) is 17.3 Å². The van der Waals surface area contributed by atoms with Crippen LogP contribution in [-0.4, -0.2) is 28.9 Å². The van der Waals surface area contributed by atoms with Gasteiger partial charge in [-0.3, -0.25) is 9.80 Å². The molecule has 1 N–H and O–H groups in total. The summed E-state index contributed by atoms with van der Waals surface area (Å²) >= 11 is 0. The van der Waals surface area contributed by atoms with Gasteiger partial charge < -0.3 is 5.11 Å². The third kappa shape index (κ3) is 2.93. The van der Waals surface area contributed by atoms with Gasteiger partial charge in [0, 0.05) is 12.6 Å². The Morgan fingerprint density at radius 1 is 0.963 bits per heavy atom. The number of carbonyl (C=O) groups excluding carboxylic acids is 1. The van der Waals surface area contributed by atoms with Crippen LogP contribution in [0.4, 0.5) is 5.69 Å². The minimum atomic E-state index is -0.248. The Hall–Kier alpha value is -3.60. The molecule has 5 heteroatoms. The molecule has 0 radical (unpaired) electrons. The van der Waals surface area contributed by atoms with E-state index in [9.17, 15) is 9.90 Å². The number of nitrogens with zero attached hydrogens (tertiary/aromatic N) is 3. The van der Waals surface area contributed by atoms with Crippen LogP contribution in [0.15, 0.2) is 77.4 Å². The zero-order chi connectivity index (χ0) is 19.0. The topological polar surface area (TPSA) is 56.1 Å². The first-order valence-corrected chi connectivity index (χ1v) is 8.67. The summed E-state index contributed by atoms with van der Waals surface area (Å²) in [6, 6.07) is 20.7. The number of amidine groups is 1. The number of aliphatic imine (C=N–C) groups is 1. The van der Waals surface area contributed by atoms with Crippen LogP contribution in [0.2, 0.25) is 0 Å². The van der Waals surface area contributed by atoms with Crippen LogP contribution in [0.5, 0.6) is 5.75 Å². The van der Waals surface area contributed by atoms with Crippen LogP contribution in [0.25, 0.3) is 16.8 Å². The molecule has 0 aromatic heterocycles. The monoisotopic (exact) mass is 357 g/mol. The van der Waals surface area contributed by atoms with Gasteiger partial charge in [-0.1, -0.05) is 48.5 Å². The fourth-order valence-electron chi connectivity index (χ4n) is 3.21. The van der Waals surface area contributed by atoms with Crippen molar-refractivity contribution in [1.82, 2.24) is 5.01 Å². The second-order valence-corrected chi connectivity index (χ2v) is 6.38. The quantitative estimate of drug-likeness (QED) is 0.700. The minimum Gasteiger partial charge on any atom is -0.507 e. The van der Waals surface area contributed by atoms with E-state index in [1.54, 1.807) is 29.2 Å². The largest absolute Gasteiger partial charge is 0.507 e. The highest BCUT2D eigenvalue weighted by molar-refractivity contribution is 6.14. The van der Waals surface area contributed by atoms with E-state index in [0.717, 1.165) is 16.5 Å². The molecule has 4 rings (SSSR count). The molecule has 1 heterocycles. The fraction of sp³-hybridized carbons (Fsp3) is 0.0909. The molecule has 27 heavy (non-hydrogen) atoms. The molecule has 0 unspecified atom stereocenters. The van der Waals surface area contributed by atoms with E-state index in [-0.39, 0.29) is 17.4 Å². The Kier molecular flexibility index (Phi) is 4.12. The summed E-state index contributed by atoms with van der Waals surface area (Å²) in [6.45, 7) is 1.85. The number of carbonyl (C=O) groups is 1. The summed E-state index contributed by atoms with van der Waals surface area (Å²) < 4.78 is 0. The predicted octanol–water partition coefficient (Wildman–Crippen LogP) is 4.20. The second-order valence-electron chi connectivity index (χ2n) is 6.38. The van der Waals surface area contributed by atoms with Gasteiger partial charge in [0.25, 0.3) is 5.91 Å². The average molecular weight is 357 g/mol. The summed E-state index contributed by atoms with van der Waals surface area (Å²) in [5.74, 6) is 0.554. The SMILES string of the molecule is CC1=N/C(=C\c2c(O)ccc3ccccc23)C(=O)N(c2ccccc2)N1C. The highest BCUT2D eigenvalue weighted by atomic mass is 16.3. The van der Waals surface area contributed by atoms with Crippen molar-refractivity contribution in [2.75, 3.05) is 12.1 Å². The molecule has 0 fully saturated rings. The standard InChI is InChI=1S/C22H19N3O2/c1-15-23-20(22(27)25(24(15)2)17-9-4-3-5-10-17)14-19-18-11-7-6-8-16(18)12-13-21(19)26/h3-14,26H,1-2H3/b20-14-. The number of fused-ring (bicyclic) bond motifs is 1. The molecule has 5 nitrogen and oxygen atoms in total. The number of anilines is 1. The Balaban J connectivity index is 1.87. The zero-order valence-electron chi connectivity index (χ0n) is 15.1. The maximum atomic E-state index is 13.2. The number of phenolic OH excluding ortho intramolecular Hbond substituents is 1. The van der Waals surface area contributed by atoms with Crippen LogP contribution < -0.4 is 5.01 Å². The number of aromatic hydroxyl groups is 1. The average Bonchev–Trinajstić information content (AvgIpc) is 2.69. The number of hydrazine groups is 1. The van der Waals surface area contributed by atoms with Gasteiger partial charge in [0.2, 0.25) is 0 Å². The highest BCUT2D eigenvalue weighted by Gasteiger charge is 2.29. The number of para-hydroxylation sites is 1. The number of rotatable bonds is 2. The van der Waals surface area contributed by atoms with Gasteiger partial charge in [-0.15, -0.1) is 0 Å². The first-order valence-electron chi connectivity index (χ1n) is 8.67. The van der Waals surface area contributed by atoms with Crippen molar-refractivity contribution in [1.29, 1.82) is 0 Å². The van der Waals surface area contributed by atoms with E-state index < -0.39 is 0 Å². The lowest BCUT2D eigenvalue weighted by molar-refractivity contribution is -0.117. The molecule has 0 spiro atoms. The maximum absolute atomic E-state index is 13.2. The van der Waals surface area contributed by atoms with Crippen LogP contribution in [0.1, 0.15) is 12.5 Å². The van der Waals surface area contributed by atoms with Crippen LogP contribution >= 0.6 is 0 Å². The number of hydrogen-bond donors (Lipinski definition) is 1. The summed E-state index contributed by atoms with van der Waals surface area (Å²) in [5, 5.41) is 15.6. The maximum Gasteiger partial charge on any atom is 0.295 e. The summed E-state index contributed by atoms with van der Waals surface area (Å²) in [4.78, 5) is 17.6.